The zero-order valence-corrected chi connectivity index (χ0v) is 16.3. The second-order valence-electron chi connectivity index (χ2n) is 10.2. The summed E-state index contributed by atoms with van der Waals surface area (Å²) >= 11 is 0. The van der Waals surface area contributed by atoms with E-state index in [0.717, 1.165) is 50.4 Å². The average molecular weight is 353 g/mol. The lowest BCUT2D eigenvalue weighted by atomic mass is 9.40. The zero-order chi connectivity index (χ0) is 18.2. The molecule has 0 radical (unpaired) electrons. The molecular formula is C24H32O2. The van der Waals surface area contributed by atoms with Gasteiger partial charge < -0.3 is 5.11 Å². The molecule has 7 atom stereocenters. The SMILES string of the molecule is CC#C[C@]1(O)CC[C@H]2[C@@H]3CCC4=CC(=O)CC[C@@]45CCC[C@@H](C[C@@]21C)[C@@H]35. The van der Waals surface area contributed by atoms with Crippen LogP contribution in [0.2, 0.25) is 0 Å². The van der Waals surface area contributed by atoms with E-state index in [9.17, 15) is 9.90 Å². The molecule has 0 saturated heterocycles. The van der Waals surface area contributed by atoms with Crippen LogP contribution in [-0.2, 0) is 4.79 Å². The third-order valence-corrected chi connectivity index (χ3v) is 9.46. The summed E-state index contributed by atoms with van der Waals surface area (Å²) in [4.78, 5) is 12.1. The third kappa shape index (κ3) is 1.96. The number of aliphatic hydroxyl groups is 1. The van der Waals surface area contributed by atoms with E-state index in [-0.39, 0.29) is 5.41 Å². The van der Waals surface area contributed by atoms with Gasteiger partial charge in [0.05, 0.1) is 0 Å². The Hall–Kier alpha value is -1.07. The summed E-state index contributed by atoms with van der Waals surface area (Å²) in [7, 11) is 0. The van der Waals surface area contributed by atoms with Crippen LogP contribution in [0.4, 0.5) is 0 Å². The minimum Gasteiger partial charge on any atom is -0.377 e. The van der Waals surface area contributed by atoms with Crippen LogP contribution in [0.15, 0.2) is 11.6 Å². The molecule has 140 valence electrons. The Labute approximate surface area is 157 Å². The van der Waals surface area contributed by atoms with E-state index in [1.807, 2.05) is 13.0 Å². The Bertz CT molecular complexity index is 739. The van der Waals surface area contributed by atoms with Gasteiger partial charge in [0, 0.05) is 11.8 Å². The number of hydrogen-bond acceptors (Lipinski definition) is 2. The highest BCUT2D eigenvalue weighted by Gasteiger charge is 2.67. The lowest BCUT2D eigenvalue weighted by Gasteiger charge is -2.64. The Morgan fingerprint density at radius 2 is 2.00 bits per heavy atom. The van der Waals surface area contributed by atoms with Crippen LogP contribution < -0.4 is 0 Å². The number of carbonyl (C=O) groups is 1. The summed E-state index contributed by atoms with van der Waals surface area (Å²) < 4.78 is 0. The summed E-state index contributed by atoms with van der Waals surface area (Å²) in [6, 6.07) is 0. The van der Waals surface area contributed by atoms with Gasteiger partial charge in [-0.3, -0.25) is 4.79 Å². The van der Waals surface area contributed by atoms with Crippen molar-refractivity contribution in [3.8, 4) is 11.8 Å². The number of hydrogen-bond donors (Lipinski definition) is 1. The molecule has 0 aromatic rings. The highest BCUT2D eigenvalue weighted by Crippen LogP contribution is 2.71. The Balaban J connectivity index is 1.59. The molecule has 1 spiro atoms. The van der Waals surface area contributed by atoms with Crippen LogP contribution in [0.5, 0.6) is 0 Å². The van der Waals surface area contributed by atoms with Crippen molar-refractivity contribution in [2.75, 3.05) is 0 Å². The fourth-order valence-corrected chi connectivity index (χ4v) is 8.56. The van der Waals surface area contributed by atoms with E-state index < -0.39 is 5.60 Å². The summed E-state index contributed by atoms with van der Waals surface area (Å²) in [5.41, 5.74) is 0.982. The molecule has 5 rings (SSSR count). The number of ketones is 1. The van der Waals surface area contributed by atoms with E-state index in [1.165, 1.54) is 31.3 Å². The monoisotopic (exact) mass is 352 g/mol. The molecule has 2 nitrogen and oxygen atoms in total. The third-order valence-electron chi connectivity index (χ3n) is 9.46. The Kier molecular flexibility index (Phi) is 3.59. The number of carbonyl (C=O) groups excluding carboxylic acids is 1. The molecule has 0 heterocycles. The molecule has 26 heavy (non-hydrogen) atoms. The number of fused-ring (bicyclic) bond motifs is 2. The smallest absolute Gasteiger partial charge is 0.155 e. The maximum absolute atomic E-state index is 12.1. The van der Waals surface area contributed by atoms with Crippen molar-refractivity contribution >= 4 is 5.78 Å². The topological polar surface area (TPSA) is 37.3 Å². The van der Waals surface area contributed by atoms with Crippen LogP contribution in [0.3, 0.4) is 0 Å². The quantitative estimate of drug-likeness (QED) is 0.644. The predicted molar refractivity (Wildman–Crippen MR) is 102 cm³/mol. The van der Waals surface area contributed by atoms with E-state index in [1.54, 1.807) is 0 Å². The minimum atomic E-state index is -0.791. The average Bonchev–Trinajstić information content (AvgIpc) is 2.87. The van der Waals surface area contributed by atoms with Gasteiger partial charge in [0.25, 0.3) is 0 Å². The fourth-order valence-electron chi connectivity index (χ4n) is 8.56. The van der Waals surface area contributed by atoms with E-state index in [2.05, 4.69) is 18.8 Å². The summed E-state index contributed by atoms with van der Waals surface area (Å²) in [5, 5.41) is 11.5. The molecule has 2 heteroatoms. The van der Waals surface area contributed by atoms with Crippen molar-refractivity contribution in [2.45, 2.75) is 83.7 Å². The van der Waals surface area contributed by atoms with Gasteiger partial charge in [0.15, 0.2) is 5.78 Å². The first-order chi connectivity index (χ1) is 12.4. The first-order valence-corrected chi connectivity index (χ1v) is 10.8. The predicted octanol–water partition coefficient (Wildman–Crippen LogP) is 4.66. The van der Waals surface area contributed by atoms with Gasteiger partial charge in [-0.25, -0.2) is 0 Å². The van der Waals surface area contributed by atoms with Crippen molar-refractivity contribution < 1.29 is 9.90 Å². The van der Waals surface area contributed by atoms with Gasteiger partial charge in [-0.15, -0.1) is 5.92 Å². The van der Waals surface area contributed by atoms with Gasteiger partial charge in [-0.05, 0) is 87.0 Å². The van der Waals surface area contributed by atoms with E-state index in [4.69, 9.17) is 0 Å². The second kappa shape index (κ2) is 5.48. The molecule has 4 fully saturated rings. The molecule has 0 aromatic carbocycles. The first-order valence-electron chi connectivity index (χ1n) is 10.8. The molecule has 4 saturated carbocycles. The van der Waals surface area contributed by atoms with Gasteiger partial charge in [-0.1, -0.05) is 31.3 Å². The van der Waals surface area contributed by atoms with E-state index in [0.29, 0.717) is 23.0 Å². The molecule has 5 aliphatic rings. The van der Waals surface area contributed by atoms with E-state index >= 15 is 0 Å². The number of rotatable bonds is 0. The maximum Gasteiger partial charge on any atom is 0.155 e. The van der Waals surface area contributed by atoms with Gasteiger partial charge in [0.1, 0.15) is 5.60 Å². The first kappa shape index (κ1) is 17.1. The van der Waals surface area contributed by atoms with Crippen molar-refractivity contribution in [3.63, 3.8) is 0 Å². The van der Waals surface area contributed by atoms with Crippen molar-refractivity contribution in [3.05, 3.63) is 11.6 Å². The molecule has 0 aliphatic heterocycles. The number of allylic oxidation sites excluding steroid dienone is 1. The molecule has 0 amide bonds. The van der Waals surface area contributed by atoms with Crippen LogP contribution in [0.25, 0.3) is 0 Å². The van der Waals surface area contributed by atoms with Crippen LogP contribution in [-0.4, -0.2) is 16.5 Å². The largest absolute Gasteiger partial charge is 0.377 e. The van der Waals surface area contributed by atoms with Crippen molar-refractivity contribution in [2.24, 2.45) is 34.5 Å². The van der Waals surface area contributed by atoms with Crippen LogP contribution in [0.1, 0.15) is 78.1 Å². The second-order valence-corrected chi connectivity index (χ2v) is 10.2. The minimum absolute atomic E-state index is 0.0495. The molecule has 0 unspecified atom stereocenters. The Morgan fingerprint density at radius 3 is 2.81 bits per heavy atom. The lowest BCUT2D eigenvalue weighted by Crippen LogP contribution is -2.59. The van der Waals surface area contributed by atoms with Crippen molar-refractivity contribution in [1.82, 2.24) is 0 Å². The van der Waals surface area contributed by atoms with Crippen LogP contribution in [0, 0.1) is 46.3 Å². The van der Waals surface area contributed by atoms with Gasteiger partial charge >= 0.3 is 0 Å². The summed E-state index contributed by atoms with van der Waals surface area (Å²) in [6.45, 7) is 4.22. The lowest BCUT2D eigenvalue weighted by molar-refractivity contribution is -0.148. The van der Waals surface area contributed by atoms with Crippen LogP contribution >= 0.6 is 0 Å². The zero-order valence-electron chi connectivity index (χ0n) is 16.3. The molecule has 0 bridgehead atoms. The highest BCUT2D eigenvalue weighted by molar-refractivity contribution is 5.91. The van der Waals surface area contributed by atoms with Crippen molar-refractivity contribution in [1.29, 1.82) is 0 Å². The molecule has 5 aliphatic carbocycles. The standard InChI is InChI=1S/C24H32O2/c1-3-10-24(26)13-9-20-19-7-6-17-14-18(25)8-12-23(17)11-4-5-16(21(19)23)15-22(20,24)2/h14,16,19-21,26H,4-9,11-13,15H2,1-2H3/t16-,19-,20-,21-,22-,23-,24-/m0/s1. The molecule has 0 aromatic heterocycles. The molecule has 1 N–H and O–H groups in total. The fraction of sp³-hybridized carbons (Fsp3) is 0.792. The Morgan fingerprint density at radius 1 is 1.15 bits per heavy atom. The highest BCUT2D eigenvalue weighted by atomic mass is 16.3. The summed E-state index contributed by atoms with van der Waals surface area (Å²) in [5.74, 6) is 9.41. The van der Waals surface area contributed by atoms with Gasteiger partial charge in [0.2, 0.25) is 0 Å². The normalized spacial score (nSPS) is 52.1. The summed E-state index contributed by atoms with van der Waals surface area (Å²) in [6.07, 6.45) is 13.2. The maximum atomic E-state index is 12.1. The molecular weight excluding hydrogens is 320 g/mol. The van der Waals surface area contributed by atoms with Gasteiger partial charge in [-0.2, -0.15) is 0 Å².